The molecule has 5 heteroatoms. The Balaban J connectivity index is 2.15. The molecule has 1 aliphatic heterocycles. The standard InChI is InChI=1S/C12H14N4O/c13-11(12(14)17)16-10-7-6-9(15-10)8-4-2-1-3-5-8/h1-5,9H,6-7H2,(H2,14,17)(H2,13,15,16). The molecule has 1 atom stereocenters. The Kier molecular flexibility index (Phi) is 3.18. The fraction of sp³-hybridized carbons (Fsp3) is 0.250. The summed E-state index contributed by atoms with van der Waals surface area (Å²) >= 11 is 0. The van der Waals surface area contributed by atoms with E-state index in [4.69, 9.17) is 11.5 Å². The molecule has 4 N–H and O–H groups in total. The van der Waals surface area contributed by atoms with Crippen LogP contribution in [-0.2, 0) is 4.79 Å². The number of hydrogen-bond donors (Lipinski definition) is 2. The summed E-state index contributed by atoms with van der Waals surface area (Å²) in [6.45, 7) is 0. The molecule has 0 saturated carbocycles. The van der Waals surface area contributed by atoms with E-state index in [1.807, 2.05) is 30.3 Å². The number of rotatable bonds is 1. The highest BCUT2D eigenvalue weighted by molar-refractivity contribution is 6.38. The third-order valence-electron chi connectivity index (χ3n) is 2.63. The van der Waals surface area contributed by atoms with Crippen LogP contribution < -0.4 is 11.5 Å². The van der Waals surface area contributed by atoms with Gasteiger partial charge in [0.1, 0.15) is 5.84 Å². The topological polar surface area (TPSA) is 93.8 Å². The monoisotopic (exact) mass is 230 g/mol. The summed E-state index contributed by atoms with van der Waals surface area (Å²) in [5.41, 5.74) is 11.5. The molecular formula is C12H14N4O. The zero-order chi connectivity index (χ0) is 12.3. The zero-order valence-electron chi connectivity index (χ0n) is 9.34. The fourth-order valence-electron chi connectivity index (χ4n) is 1.77. The van der Waals surface area contributed by atoms with Crippen molar-refractivity contribution in [2.45, 2.75) is 18.9 Å². The summed E-state index contributed by atoms with van der Waals surface area (Å²) in [7, 11) is 0. The minimum atomic E-state index is -0.712. The lowest BCUT2D eigenvalue weighted by Gasteiger charge is -2.04. The van der Waals surface area contributed by atoms with Crippen LogP contribution in [0.5, 0.6) is 0 Å². The number of nitrogens with zero attached hydrogens (tertiary/aromatic N) is 2. The number of hydrogen-bond acceptors (Lipinski definition) is 3. The molecule has 0 aromatic heterocycles. The van der Waals surface area contributed by atoms with Gasteiger partial charge in [-0.3, -0.25) is 9.79 Å². The van der Waals surface area contributed by atoms with Crippen LogP contribution in [0, 0.1) is 0 Å². The van der Waals surface area contributed by atoms with Crippen LogP contribution in [0.3, 0.4) is 0 Å². The smallest absolute Gasteiger partial charge is 0.283 e. The van der Waals surface area contributed by atoms with Gasteiger partial charge in [0.05, 0.1) is 6.04 Å². The van der Waals surface area contributed by atoms with Crippen molar-refractivity contribution >= 4 is 17.6 Å². The number of nitrogens with two attached hydrogens (primary N) is 2. The minimum Gasteiger partial charge on any atom is -0.379 e. The lowest BCUT2D eigenvalue weighted by Crippen LogP contribution is -2.31. The molecule has 0 aliphatic carbocycles. The van der Waals surface area contributed by atoms with E-state index in [0.29, 0.717) is 12.3 Å². The summed E-state index contributed by atoms with van der Waals surface area (Å²) in [4.78, 5) is 19.1. The Morgan fingerprint density at radius 3 is 2.65 bits per heavy atom. The second kappa shape index (κ2) is 4.78. The van der Waals surface area contributed by atoms with Crippen molar-refractivity contribution in [1.29, 1.82) is 0 Å². The number of amidine groups is 2. The van der Waals surface area contributed by atoms with E-state index in [1.165, 1.54) is 0 Å². The first kappa shape index (κ1) is 11.3. The lowest BCUT2D eigenvalue weighted by atomic mass is 10.1. The van der Waals surface area contributed by atoms with Gasteiger partial charge in [-0.15, -0.1) is 0 Å². The molecule has 1 aromatic rings. The molecule has 0 spiro atoms. The Labute approximate surface area is 99.2 Å². The Morgan fingerprint density at radius 1 is 1.29 bits per heavy atom. The maximum absolute atomic E-state index is 10.7. The van der Waals surface area contributed by atoms with Gasteiger partial charge in [-0.2, -0.15) is 0 Å². The highest BCUT2D eigenvalue weighted by Crippen LogP contribution is 2.28. The normalized spacial score (nSPS) is 20.1. The van der Waals surface area contributed by atoms with Crippen molar-refractivity contribution in [3.05, 3.63) is 35.9 Å². The molecule has 1 amide bonds. The number of carbonyl (C=O) groups excluding carboxylic acids is 1. The van der Waals surface area contributed by atoms with E-state index in [0.717, 1.165) is 12.0 Å². The average molecular weight is 230 g/mol. The molecule has 1 aromatic carbocycles. The molecule has 88 valence electrons. The van der Waals surface area contributed by atoms with E-state index in [2.05, 4.69) is 9.98 Å². The van der Waals surface area contributed by atoms with Gasteiger partial charge in [-0.1, -0.05) is 30.3 Å². The van der Waals surface area contributed by atoms with Crippen LogP contribution in [0.4, 0.5) is 0 Å². The van der Waals surface area contributed by atoms with E-state index in [1.54, 1.807) is 0 Å². The predicted octanol–water partition coefficient (Wildman–Crippen LogP) is 0.763. The van der Waals surface area contributed by atoms with Crippen molar-refractivity contribution in [1.82, 2.24) is 0 Å². The quantitative estimate of drug-likeness (QED) is 0.550. The van der Waals surface area contributed by atoms with Crippen LogP contribution >= 0.6 is 0 Å². The maximum Gasteiger partial charge on any atom is 0.283 e. The molecule has 0 bridgehead atoms. The first-order valence-corrected chi connectivity index (χ1v) is 5.42. The van der Waals surface area contributed by atoms with Crippen LogP contribution in [0.1, 0.15) is 24.4 Å². The third-order valence-corrected chi connectivity index (χ3v) is 2.63. The van der Waals surface area contributed by atoms with Crippen molar-refractivity contribution in [2.75, 3.05) is 0 Å². The lowest BCUT2D eigenvalue weighted by molar-refractivity contribution is -0.112. The van der Waals surface area contributed by atoms with E-state index in [9.17, 15) is 4.79 Å². The van der Waals surface area contributed by atoms with Gasteiger partial charge in [-0.05, 0) is 12.0 Å². The van der Waals surface area contributed by atoms with Crippen molar-refractivity contribution in [3.8, 4) is 0 Å². The summed E-state index contributed by atoms with van der Waals surface area (Å²) in [6.07, 6.45) is 1.60. The first-order chi connectivity index (χ1) is 8.16. The second-order valence-corrected chi connectivity index (χ2v) is 3.87. The van der Waals surface area contributed by atoms with Crippen LogP contribution in [0.2, 0.25) is 0 Å². The van der Waals surface area contributed by atoms with Crippen molar-refractivity contribution in [3.63, 3.8) is 0 Å². The predicted molar refractivity (Wildman–Crippen MR) is 66.7 cm³/mol. The zero-order valence-corrected chi connectivity index (χ0v) is 9.34. The number of carbonyl (C=O) groups is 1. The van der Waals surface area contributed by atoms with Gasteiger partial charge in [0.15, 0.2) is 5.84 Å². The van der Waals surface area contributed by atoms with Gasteiger partial charge in [0.2, 0.25) is 0 Å². The van der Waals surface area contributed by atoms with Crippen LogP contribution in [0.15, 0.2) is 40.3 Å². The maximum atomic E-state index is 10.7. The molecule has 0 fully saturated rings. The second-order valence-electron chi connectivity index (χ2n) is 3.87. The summed E-state index contributed by atoms with van der Waals surface area (Å²) in [6, 6.07) is 10.1. The summed E-state index contributed by atoms with van der Waals surface area (Å²) < 4.78 is 0. The first-order valence-electron chi connectivity index (χ1n) is 5.42. The summed E-state index contributed by atoms with van der Waals surface area (Å²) in [5, 5.41) is 0. The highest BCUT2D eigenvalue weighted by atomic mass is 16.1. The molecule has 5 nitrogen and oxygen atoms in total. The van der Waals surface area contributed by atoms with Crippen LogP contribution in [0.25, 0.3) is 0 Å². The SMILES string of the molecule is NC(=O)C(N)=NC1=NC(c2ccccc2)CC1. The van der Waals surface area contributed by atoms with Crippen molar-refractivity contribution < 1.29 is 4.79 Å². The van der Waals surface area contributed by atoms with E-state index in [-0.39, 0.29) is 11.9 Å². The van der Waals surface area contributed by atoms with Gasteiger partial charge >= 0.3 is 0 Å². The van der Waals surface area contributed by atoms with Gasteiger partial charge in [0, 0.05) is 6.42 Å². The van der Waals surface area contributed by atoms with Gasteiger partial charge in [0.25, 0.3) is 5.91 Å². The van der Waals surface area contributed by atoms with Crippen LogP contribution in [-0.4, -0.2) is 17.6 Å². The molecule has 17 heavy (non-hydrogen) atoms. The van der Waals surface area contributed by atoms with E-state index < -0.39 is 5.91 Å². The minimum absolute atomic E-state index is 0.107. The largest absolute Gasteiger partial charge is 0.379 e. The van der Waals surface area contributed by atoms with Crippen molar-refractivity contribution in [2.24, 2.45) is 21.5 Å². The highest BCUT2D eigenvalue weighted by Gasteiger charge is 2.19. The summed E-state index contributed by atoms with van der Waals surface area (Å²) in [5.74, 6) is -0.302. The third kappa shape index (κ3) is 2.69. The molecular weight excluding hydrogens is 216 g/mol. The molecule has 2 rings (SSSR count). The molecule has 1 unspecified atom stereocenters. The van der Waals surface area contributed by atoms with E-state index >= 15 is 0 Å². The molecule has 0 radical (unpaired) electrons. The number of benzene rings is 1. The number of primary amides is 1. The Morgan fingerprint density at radius 2 is 2.00 bits per heavy atom. The number of amides is 1. The average Bonchev–Trinajstić information content (AvgIpc) is 2.78. The Hall–Kier alpha value is -2.17. The molecule has 0 saturated heterocycles. The van der Waals surface area contributed by atoms with Gasteiger partial charge in [-0.25, -0.2) is 4.99 Å². The fourth-order valence-corrected chi connectivity index (χ4v) is 1.77. The Bertz CT molecular complexity index is 479. The molecule has 1 aliphatic rings. The van der Waals surface area contributed by atoms with Gasteiger partial charge < -0.3 is 11.5 Å². The number of aliphatic imine (C=N–C) groups is 2. The molecule has 1 heterocycles.